The zero-order chi connectivity index (χ0) is 18.5. The van der Waals surface area contributed by atoms with Crippen LogP contribution in [0.25, 0.3) is 0 Å². The first kappa shape index (κ1) is 18.0. The summed E-state index contributed by atoms with van der Waals surface area (Å²) in [5, 5.41) is 5.45. The molecule has 2 aromatic rings. The molecule has 0 radical (unpaired) electrons. The molecule has 1 aromatic heterocycles. The molecule has 1 saturated heterocycles. The largest absolute Gasteiger partial charge is 0.484 e. The van der Waals surface area contributed by atoms with Gasteiger partial charge in [0, 0.05) is 19.7 Å². The minimum absolute atomic E-state index is 0.0122. The second-order valence-electron chi connectivity index (χ2n) is 6.21. The third-order valence-corrected chi connectivity index (χ3v) is 4.32. The number of H-pyrrole nitrogens is 1. The predicted octanol–water partition coefficient (Wildman–Crippen LogP) is 2.03. The number of rotatable bonds is 6. The fourth-order valence-electron chi connectivity index (χ4n) is 2.84. The Morgan fingerprint density at radius 1 is 1.27 bits per heavy atom. The summed E-state index contributed by atoms with van der Waals surface area (Å²) in [4.78, 5) is 27.5. The quantitative estimate of drug-likeness (QED) is 0.738. The number of carbonyl (C=O) groups excluding carboxylic acids is 2. The summed E-state index contributed by atoms with van der Waals surface area (Å²) in [7, 11) is 1.53. The smallest absolute Gasteiger partial charge is 0.271 e. The van der Waals surface area contributed by atoms with Gasteiger partial charge < -0.3 is 25.1 Å². The monoisotopic (exact) mass is 357 g/mol. The van der Waals surface area contributed by atoms with Gasteiger partial charge in [0.2, 0.25) is 0 Å². The third kappa shape index (κ3) is 4.05. The highest BCUT2D eigenvalue weighted by Crippen LogP contribution is 2.26. The van der Waals surface area contributed by atoms with Gasteiger partial charge in [0.25, 0.3) is 11.8 Å². The molecule has 3 N–H and O–H groups in total. The van der Waals surface area contributed by atoms with E-state index in [0.717, 1.165) is 12.0 Å². The number of aromatic amines is 1. The molecule has 1 unspecified atom stereocenters. The van der Waals surface area contributed by atoms with Crippen molar-refractivity contribution in [2.75, 3.05) is 20.3 Å². The van der Waals surface area contributed by atoms with Gasteiger partial charge in [-0.1, -0.05) is 30.3 Å². The molecule has 7 nitrogen and oxygen atoms in total. The predicted molar refractivity (Wildman–Crippen MR) is 96.4 cm³/mol. The summed E-state index contributed by atoms with van der Waals surface area (Å²) in [6.07, 6.45) is 0.512. The van der Waals surface area contributed by atoms with Gasteiger partial charge >= 0.3 is 0 Å². The Morgan fingerprint density at radius 3 is 2.69 bits per heavy atom. The molecule has 1 fully saturated rings. The summed E-state index contributed by atoms with van der Waals surface area (Å²) in [5.74, 6) is -0.287. The van der Waals surface area contributed by atoms with Gasteiger partial charge in [0.05, 0.1) is 12.6 Å². The lowest BCUT2D eigenvalue weighted by molar-refractivity contribution is 0.0925. The lowest BCUT2D eigenvalue weighted by Gasteiger charge is -2.14. The van der Waals surface area contributed by atoms with Crippen molar-refractivity contribution in [1.82, 2.24) is 15.6 Å². The first-order valence-electron chi connectivity index (χ1n) is 8.63. The van der Waals surface area contributed by atoms with Gasteiger partial charge in [-0.3, -0.25) is 9.59 Å². The normalized spacial score (nSPS) is 17.5. The molecular formula is C19H23N3O4. The number of hydrogen-bond acceptors (Lipinski definition) is 4. The van der Waals surface area contributed by atoms with Crippen LogP contribution >= 0.6 is 0 Å². The van der Waals surface area contributed by atoms with Crippen LogP contribution < -0.4 is 15.4 Å². The summed E-state index contributed by atoms with van der Waals surface area (Å²) in [6.45, 7) is 3.04. The van der Waals surface area contributed by atoms with Gasteiger partial charge in [-0.15, -0.1) is 0 Å². The molecular weight excluding hydrogens is 334 g/mol. The maximum Gasteiger partial charge on any atom is 0.271 e. The Bertz CT molecular complexity index is 766. The average molecular weight is 357 g/mol. The molecule has 1 aromatic carbocycles. The van der Waals surface area contributed by atoms with E-state index in [1.54, 1.807) is 6.07 Å². The van der Waals surface area contributed by atoms with Gasteiger partial charge in [0.15, 0.2) is 5.75 Å². The van der Waals surface area contributed by atoms with Gasteiger partial charge in [-0.25, -0.2) is 0 Å². The van der Waals surface area contributed by atoms with E-state index in [2.05, 4.69) is 15.6 Å². The molecule has 2 amide bonds. The van der Waals surface area contributed by atoms with E-state index < -0.39 is 0 Å². The number of amides is 2. The summed E-state index contributed by atoms with van der Waals surface area (Å²) in [5.41, 5.74) is 1.49. The SMILES string of the molecule is CNC(=O)c1[nH]c(C(=O)NC2CCOC2)cc1O[C@@H](C)c1ccccc1. The van der Waals surface area contributed by atoms with Crippen molar-refractivity contribution >= 4 is 11.8 Å². The van der Waals surface area contributed by atoms with Crippen LogP contribution in [0.1, 0.15) is 46.0 Å². The molecule has 0 spiro atoms. The van der Waals surface area contributed by atoms with Crippen LogP contribution in [0.4, 0.5) is 0 Å². The standard InChI is InChI=1S/C19H23N3O4/c1-12(13-6-4-3-5-7-13)26-16-10-15(22-17(16)19(24)20-2)18(23)21-14-8-9-25-11-14/h3-7,10,12,14,22H,8-9,11H2,1-2H3,(H,20,24)(H,21,23)/t12-,14?/m0/s1. The van der Waals surface area contributed by atoms with Gasteiger partial charge in [0.1, 0.15) is 17.5 Å². The number of ether oxygens (including phenoxy) is 2. The highest BCUT2D eigenvalue weighted by Gasteiger charge is 2.24. The lowest BCUT2D eigenvalue weighted by Crippen LogP contribution is -2.35. The zero-order valence-corrected chi connectivity index (χ0v) is 14.9. The van der Waals surface area contributed by atoms with Crippen molar-refractivity contribution in [3.8, 4) is 5.75 Å². The Hall–Kier alpha value is -2.80. The number of aromatic nitrogens is 1. The summed E-state index contributed by atoms with van der Waals surface area (Å²) >= 11 is 0. The topological polar surface area (TPSA) is 92.5 Å². The van der Waals surface area contributed by atoms with Crippen LogP contribution in [0.15, 0.2) is 36.4 Å². The minimum Gasteiger partial charge on any atom is -0.484 e. The second kappa shape index (κ2) is 8.05. The number of benzene rings is 1. The van der Waals surface area contributed by atoms with E-state index in [-0.39, 0.29) is 35.3 Å². The Kier molecular flexibility index (Phi) is 5.58. The molecule has 138 valence electrons. The number of carbonyl (C=O) groups is 2. The van der Waals surface area contributed by atoms with Crippen LogP contribution in [0.2, 0.25) is 0 Å². The molecule has 0 saturated carbocycles. The molecule has 2 atom stereocenters. The van der Waals surface area contributed by atoms with Crippen molar-refractivity contribution in [2.24, 2.45) is 0 Å². The zero-order valence-electron chi connectivity index (χ0n) is 14.9. The van der Waals surface area contributed by atoms with Crippen LogP contribution in [0.5, 0.6) is 5.75 Å². The average Bonchev–Trinajstić information content (AvgIpc) is 3.31. The fourth-order valence-corrected chi connectivity index (χ4v) is 2.84. The van der Waals surface area contributed by atoms with Crippen molar-refractivity contribution < 1.29 is 19.1 Å². The first-order chi connectivity index (χ1) is 12.6. The summed E-state index contributed by atoms with van der Waals surface area (Å²) < 4.78 is 11.2. The van der Waals surface area contributed by atoms with Crippen LogP contribution in [-0.4, -0.2) is 43.1 Å². The third-order valence-electron chi connectivity index (χ3n) is 4.32. The first-order valence-corrected chi connectivity index (χ1v) is 8.63. The molecule has 2 heterocycles. The molecule has 7 heteroatoms. The lowest BCUT2D eigenvalue weighted by atomic mass is 10.1. The van der Waals surface area contributed by atoms with Crippen molar-refractivity contribution in [2.45, 2.75) is 25.5 Å². The Balaban J connectivity index is 1.80. The Labute approximate surface area is 152 Å². The highest BCUT2D eigenvalue weighted by molar-refractivity contribution is 5.99. The molecule has 0 bridgehead atoms. The van der Waals surface area contributed by atoms with Gasteiger partial charge in [-0.2, -0.15) is 0 Å². The van der Waals surface area contributed by atoms with E-state index in [1.165, 1.54) is 7.05 Å². The maximum absolute atomic E-state index is 12.4. The molecule has 1 aliphatic heterocycles. The van der Waals surface area contributed by atoms with E-state index in [9.17, 15) is 9.59 Å². The summed E-state index contributed by atoms with van der Waals surface area (Å²) in [6, 6.07) is 11.2. The van der Waals surface area contributed by atoms with Crippen LogP contribution in [-0.2, 0) is 4.74 Å². The van der Waals surface area contributed by atoms with Crippen LogP contribution in [0, 0.1) is 0 Å². The number of hydrogen-bond donors (Lipinski definition) is 3. The van der Waals surface area contributed by atoms with Crippen molar-refractivity contribution in [3.05, 3.63) is 53.3 Å². The van der Waals surface area contributed by atoms with Crippen molar-refractivity contribution in [1.29, 1.82) is 0 Å². The Morgan fingerprint density at radius 2 is 2.04 bits per heavy atom. The van der Waals surface area contributed by atoms with E-state index in [0.29, 0.717) is 19.0 Å². The number of nitrogens with one attached hydrogen (secondary N) is 3. The van der Waals surface area contributed by atoms with Crippen molar-refractivity contribution in [3.63, 3.8) is 0 Å². The molecule has 1 aliphatic rings. The maximum atomic E-state index is 12.4. The van der Waals surface area contributed by atoms with E-state index in [4.69, 9.17) is 9.47 Å². The van der Waals surface area contributed by atoms with Gasteiger partial charge in [-0.05, 0) is 18.9 Å². The fraction of sp³-hybridized carbons (Fsp3) is 0.368. The van der Waals surface area contributed by atoms with E-state index >= 15 is 0 Å². The highest BCUT2D eigenvalue weighted by atomic mass is 16.5. The second-order valence-corrected chi connectivity index (χ2v) is 6.21. The van der Waals surface area contributed by atoms with E-state index in [1.807, 2.05) is 37.3 Å². The molecule has 3 rings (SSSR count). The minimum atomic E-state index is -0.344. The van der Waals surface area contributed by atoms with Crippen LogP contribution in [0.3, 0.4) is 0 Å². The molecule has 0 aliphatic carbocycles. The molecule has 26 heavy (non-hydrogen) atoms.